The van der Waals surface area contributed by atoms with Crippen LogP contribution >= 0.6 is 0 Å². The zero-order valence-electron chi connectivity index (χ0n) is 10.4. The minimum atomic E-state index is -0.200. The number of carbonyl (C=O) groups excluding carboxylic acids is 1. The summed E-state index contributed by atoms with van der Waals surface area (Å²) in [6.07, 6.45) is 2.23. The van der Waals surface area contributed by atoms with Crippen molar-refractivity contribution in [2.24, 2.45) is 7.05 Å². The van der Waals surface area contributed by atoms with E-state index < -0.39 is 0 Å². The number of carbonyl (C=O) groups is 1. The maximum Gasteiger partial charge on any atom is 0.310 e. The van der Waals surface area contributed by atoms with E-state index in [0.717, 1.165) is 22.0 Å². The Hall–Kier alpha value is -1.84. The quantitative estimate of drug-likeness (QED) is 0.760. The lowest BCUT2D eigenvalue weighted by Gasteiger charge is -2.06. The number of aryl methyl sites for hydroxylation is 2. The van der Waals surface area contributed by atoms with E-state index >= 15 is 0 Å². The SMILES string of the molecule is CCOC(=O)Cc1c(C)ccc2cn(C)nc12. The minimum Gasteiger partial charge on any atom is -0.466 e. The number of esters is 1. The number of hydrogen-bond acceptors (Lipinski definition) is 3. The van der Waals surface area contributed by atoms with Crippen LogP contribution in [-0.2, 0) is 23.0 Å². The summed E-state index contributed by atoms with van der Waals surface area (Å²) < 4.78 is 6.75. The first-order chi connectivity index (χ1) is 8.11. The average molecular weight is 232 g/mol. The van der Waals surface area contributed by atoms with Gasteiger partial charge in [-0.1, -0.05) is 12.1 Å². The second-order valence-electron chi connectivity index (χ2n) is 4.08. The van der Waals surface area contributed by atoms with Gasteiger partial charge in [-0.15, -0.1) is 0 Å². The van der Waals surface area contributed by atoms with Gasteiger partial charge in [0.25, 0.3) is 0 Å². The van der Waals surface area contributed by atoms with Crippen LogP contribution in [0, 0.1) is 6.92 Å². The summed E-state index contributed by atoms with van der Waals surface area (Å²) in [6, 6.07) is 4.03. The highest BCUT2D eigenvalue weighted by Gasteiger charge is 2.12. The summed E-state index contributed by atoms with van der Waals surface area (Å²) >= 11 is 0. The van der Waals surface area contributed by atoms with Crippen molar-refractivity contribution < 1.29 is 9.53 Å². The molecule has 0 N–H and O–H groups in total. The van der Waals surface area contributed by atoms with Crippen molar-refractivity contribution >= 4 is 16.9 Å². The minimum absolute atomic E-state index is 0.200. The van der Waals surface area contributed by atoms with E-state index in [1.165, 1.54) is 0 Å². The van der Waals surface area contributed by atoms with E-state index in [0.29, 0.717) is 6.61 Å². The van der Waals surface area contributed by atoms with Crippen LogP contribution < -0.4 is 0 Å². The van der Waals surface area contributed by atoms with Crippen LogP contribution in [0.2, 0.25) is 0 Å². The second kappa shape index (κ2) is 4.57. The Morgan fingerprint density at radius 2 is 2.24 bits per heavy atom. The fourth-order valence-electron chi connectivity index (χ4n) is 1.94. The smallest absolute Gasteiger partial charge is 0.310 e. The maximum atomic E-state index is 11.6. The molecule has 4 nitrogen and oxygen atoms in total. The molecule has 1 aromatic carbocycles. The van der Waals surface area contributed by atoms with Crippen molar-refractivity contribution in [3.8, 4) is 0 Å². The molecule has 17 heavy (non-hydrogen) atoms. The summed E-state index contributed by atoms with van der Waals surface area (Å²) in [5, 5.41) is 5.45. The van der Waals surface area contributed by atoms with Crippen LogP contribution in [0.15, 0.2) is 18.3 Å². The number of nitrogens with zero attached hydrogens (tertiary/aromatic N) is 2. The van der Waals surface area contributed by atoms with Gasteiger partial charge in [-0.25, -0.2) is 0 Å². The number of benzene rings is 1. The Morgan fingerprint density at radius 1 is 1.47 bits per heavy atom. The summed E-state index contributed by atoms with van der Waals surface area (Å²) in [4.78, 5) is 11.6. The van der Waals surface area contributed by atoms with Gasteiger partial charge in [0.2, 0.25) is 0 Å². The van der Waals surface area contributed by atoms with Crippen molar-refractivity contribution in [1.82, 2.24) is 9.78 Å². The Morgan fingerprint density at radius 3 is 2.94 bits per heavy atom. The molecule has 4 heteroatoms. The highest BCUT2D eigenvalue weighted by Crippen LogP contribution is 2.21. The first-order valence-corrected chi connectivity index (χ1v) is 5.69. The molecular weight excluding hydrogens is 216 g/mol. The van der Waals surface area contributed by atoms with Crippen molar-refractivity contribution in [3.63, 3.8) is 0 Å². The van der Waals surface area contributed by atoms with E-state index in [4.69, 9.17) is 4.74 Å². The molecule has 1 aromatic heterocycles. The molecule has 0 aliphatic heterocycles. The van der Waals surface area contributed by atoms with Gasteiger partial charge in [0, 0.05) is 18.6 Å². The molecule has 0 saturated heterocycles. The second-order valence-corrected chi connectivity index (χ2v) is 4.08. The van der Waals surface area contributed by atoms with Crippen molar-refractivity contribution in [3.05, 3.63) is 29.5 Å². The van der Waals surface area contributed by atoms with Crippen LogP contribution in [0.5, 0.6) is 0 Å². The topological polar surface area (TPSA) is 44.1 Å². The molecule has 0 amide bonds. The third kappa shape index (κ3) is 2.30. The van der Waals surface area contributed by atoms with Gasteiger partial charge in [0.1, 0.15) is 0 Å². The summed E-state index contributed by atoms with van der Waals surface area (Å²) in [7, 11) is 1.88. The molecule has 0 radical (unpaired) electrons. The first kappa shape index (κ1) is 11.6. The molecule has 0 atom stereocenters. The molecule has 1 heterocycles. The van der Waals surface area contributed by atoms with Gasteiger partial charge in [0.15, 0.2) is 0 Å². The van der Waals surface area contributed by atoms with Crippen LogP contribution in [0.3, 0.4) is 0 Å². The Balaban J connectivity index is 2.43. The predicted octanol–water partition coefficient (Wildman–Crippen LogP) is 1.99. The third-order valence-electron chi connectivity index (χ3n) is 2.76. The zero-order chi connectivity index (χ0) is 12.4. The molecule has 0 saturated carbocycles. The van der Waals surface area contributed by atoms with E-state index in [1.54, 1.807) is 4.68 Å². The highest BCUT2D eigenvalue weighted by molar-refractivity contribution is 5.86. The molecule has 0 fully saturated rings. The van der Waals surface area contributed by atoms with E-state index in [1.807, 2.05) is 39.2 Å². The monoisotopic (exact) mass is 232 g/mol. The van der Waals surface area contributed by atoms with Gasteiger partial charge >= 0.3 is 5.97 Å². The molecule has 0 unspecified atom stereocenters. The van der Waals surface area contributed by atoms with E-state index in [-0.39, 0.29) is 12.4 Å². The van der Waals surface area contributed by atoms with Crippen LogP contribution in [0.4, 0.5) is 0 Å². The van der Waals surface area contributed by atoms with Crippen LogP contribution in [0.1, 0.15) is 18.1 Å². The lowest BCUT2D eigenvalue weighted by Crippen LogP contribution is -2.09. The summed E-state index contributed by atoms with van der Waals surface area (Å²) in [5.74, 6) is -0.200. The number of fused-ring (bicyclic) bond motifs is 1. The van der Waals surface area contributed by atoms with Gasteiger partial charge < -0.3 is 4.74 Å². The normalized spacial score (nSPS) is 10.8. The summed E-state index contributed by atoms with van der Waals surface area (Å²) in [5.41, 5.74) is 2.92. The maximum absolute atomic E-state index is 11.6. The fourth-order valence-corrected chi connectivity index (χ4v) is 1.94. The largest absolute Gasteiger partial charge is 0.466 e. The van der Waals surface area contributed by atoms with Gasteiger partial charge in [-0.3, -0.25) is 9.48 Å². The lowest BCUT2D eigenvalue weighted by atomic mass is 10.0. The van der Waals surface area contributed by atoms with Gasteiger partial charge in [0.05, 0.1) is 18.5 Å². The molecule has 2 rings (SSSR count). The van der Waals surface area contributed by atoms with Crippen molar-refractivity contribution in [1.29, 1.82) is 0 Å². The Bertz CT molecular complexity index is 558. The third-order valence-corrected chi connectivity index (χ3v) is 2.76. The molecular formula is C13H16N2O2. The molecule has 0 spiro atoms. The van der Waals surface area contributed by atoms with Crippen molar-refractivity contribution in [2.75, 3.05) is 6.61 Å². The molecule has 0 bridgehead atoms. The lowest BCUT2D eigenvalue weighted by molar-refractivity contribution is -0.142. The highest BCUT2D eigenvalue weighted by atomic mass is 16.5. The Labute approximate surface area is 100 Å². The number of ether oxygens (including phenoxy) is 1. The van der Waals surface area contributed by atoms with Gasteiger partial charge in [-0.2, -0.15) is 5.10 Å². The predicted molar refractivity (Wildman–Crippen MR) is 65.8 cm³/mol. The number of rotatable bonds is 3. The first-order valence-electron chi connectivity index (χ1n) is 5.69. The van der Waals surface area contributed by atoms with Crippen molar-refractivity contribution in [2.45, 2.75) is 20.3 Å². The Kier molecular flexibility index (Phi) is 3.13. The average Bonchev–Trinajstić information content (AvgIpc) is 2.64. The molecule has 90 valence electrons. The van der Waals surface area contributed by atoms with Gasteiger partial charge in [-0.05, 0) is 25.0 Å². The summed E-state index contributed by atoms with van der Waals surface area (Å²) in [6.45, 7) is 4.21. The number of aromatic nitrogens is 2. The molecule has 2 aromatic rings. The number of hydrogen-bond donors (Lipinski definition) is 0. The van der Waals surface area contributed by atoms with Crippen LogP contribution in [-0.4, -0.2) is 22.4 Å². The molecule has 0 aliphatic carbocycles. The van der Waals surface area contributed by atoms with E-state index in [2.05, 4.69) is 5.10 Å². The van der Waals surface area contributed by atoms with Crippen LogP contribution in [0.25, 0.3) is 10.9 Å². The molecule has 0 aliphatic rings. The zero-order valence-corrected chi connectivity index (χ0v) is 10.4. The fraction of sp³-hybridized carbons (Fsp3) is 0.385. The standard InChI is InChI=1S/C13H16N2O2/c1-4-17-12(16)7-11-9(2)5-6-10-8-15(3)14-13(10)11/h5-6,8H,4,7H2,1-3H3. The van der Waals surface area contributed by atoms with E-state index in [9.17, 15) is 4.79 Å².